The summed E-state index contributed by atoms with van der Waals surface area (Å²) in [5.74, 6) is -0.303. The van der Waals surface area contributed by atoms with Crippen molar-refractivity contribution in [1.82, 2.24) is 10.1 Å². The highest BCUT2D eigenvalue weighted by molar-refractivity contribution is 5.71. The lowest BCUT2D eigenvalue weighted by Crippen LogP contribution is -2.12. The van der Waals surface area contributed by atoms with Crippen molar-refractivity contribution in [2.75, 3.05) is 12.4 Å². The molecule has 0 aliphatic carbocycles. The molecule has 0 spiro atoms. The minimum absolute atomic E-state index is 0.0687. The lowest BCUT2D eigenvalue weighted by molar-refractivity contribution is -0.128. The number of aromatic nitrogens is 2. The van der Waals surface area contributed by atoms with Crippen LogP contribution < -0.4 is 5.32 Å². The first kappa shape index (κ1) is 12.4. The standard InChI is InChI=1S/C11H10F3N3O/c1-15-8-5-3-2-4-7(8)10-16-9(17-18-10)6-11(12,13)14/h2-5,15H,6H2,1H3. The second kappa shape index (κ2) is 4.67. The first-order valence-corrected chi connectivity index (χ1v) is 5.16. The summed E-state index contributed by atoms with van der Waals surface area (Å²) < 4.78 is 41.3. The number of hydrogen-bond donors (Lipinski definition) is 1. The van der Waals surface area contributed by atoms with Gasteiger partial charge in [-0.05, 0) is 12.1 Å². The van der Waals surface area contributed by atoms with Gasteiger partial charge in [0.05, 0.1) is 5.56 Å². The third-order valence-electron chi connectivity index (χ3n) is 2.25. The average Bonchev–Trinajstić information content (AvgIpc) is 2.75. The molecule has 7 heteroatoms. The second-order valence-corrected chi connectivity index (χ2v) is 3.60. The largest absolute Gasteiger partial charge is 0.396 e. The molecule has 0 unspecified atom stereocenters. The predicted molar refractivity (Wildman–Crippen MR) is 59.0 cm³/mol. The Bertz CT molecular complexity index is 536. The number of nitrogens with zero attached hydrogens (tertiary/aromatic N) is 2. The summed E-state index contributed by atoms with van der Waals surface area (Å²) >= 11 is 0. The Morgan fingerprint density at radius 3 is 2.67 bits per heavy atom. The number of anilines is 1. The SMILES string of the molecule is CNc1ccccc1-c1nc(CC(F)(F)F)no1. The fourth-order valence-electron chi connectivity index (χ4n) is 1.50. The van der Waals surface area contributed by atoms with Gasteiger partial charge in [-0.25, -0.2) is 0 Å². The molecule has 0 aliphatic heterocycles. The Balaban J connectivity index is 2.29. The molecule has 0 bridgehead atoms. The summed E-state index contributed by atoms with van der Waals surface area (Å²) in [5.41, 5.74) is 1.28. The Labute approximate surface area is 101 Å². The van der Waals surface area contributed by atoms with Gasteiger partial charge in [0.2, 0.25) is 0 Å². The van der Waals surface area contributed by atoms with E-state index in [1.807, 2.05) is 0 Å². The number of benzene rings is 1. The second-order valence-electron chi connectivity index (χ2n) is 3.60. The molecule has 0 aliphatic rings. The van der Waals surface area contributed by atoms with Crippen molar-refractivity contribution in [3.63, 3.8) is 0 Å². The summed E-state index contributed by atoms with van der Waals surface area (Å²) in [5, 5.41) is 6.22. The maximum atomic E-state index is 12.2. The molecule has 0 radical (unpaired) electrons. The normalized spacial score (nSPS) is 11.6. The molecule has 1 aromatic carbocycles. The minimum atomic E-state index is -4.34. The van der Waals surface area contributed by atoms with E-state index in [-0.39, 0.29) is 11.7 Å². The van der Waals surface area contributed by atoms with Crippen LogP contribution in [0.1, 0.15) is 5.82 Å². The highest BCUT2D eigenvalue weighted by Crippen LogP contribution is 2.27. The van der Waals surface area contributed by atoms with Crippen molar-refractivity contribution < 1.29 is 17.7 Å². The van der Waals surface area contributed by atoms with Crippen molar-refractivity contribution in [1.29, 1.82) is 0 Å². The third-order valence-corrected chi connectivity index (χ3v) is 2.25. The maximum absolute atomic E-state index is 12.2. The van der Waals surface area contributed by atoms with E-state index in [2.05, 4.69) is 15.5 Å². The number of para-hydroxylation sites is 1. The molecule has 4 nitrogen and oxygen atoms in total. The Hall–Kier alpha value is -2.05. The molecule has 2 aromatic rings. The van der Waals surface area contributed by atoms with Crippen molar-refractivity contribution in [2.45, 2.75) is 12.6 Å². The Morgan fingerprint density at radius 1 is 1.28 bits per heavy atom. The van der Waals surface area contributed by atoms with Crippen LogP contribution in [0.3, 0.4) is 0 Å². The van der Waals surface area contributed by atoms with Crippen LogP contribution in [0.4, 0.5) is 18.9 Å². The molecular formula is C11H10F3N3O. The highest BCUT2D eigenvalue weighted by Gasteiger charge is 2.30. The zero-order chi connectivity index (χ0) is 13.2. The molecular weight excluding hydrogens is 247 g/mol. The van der Waals surface area contributed by atoms with E-state index >= 15 is 0 Å². The van der Waals surface area contributed by atoms with Crippen molar-refractivity contribution in [2.24, 2.45) is 0 Å². The predicted octanol–water partition coefficient (Wildman–Crippen LogP) is 2.88. The van der Waals surface area contributed by atoms with Gasteiger partial charge in [-0.3, -0.25) is 0 Å². The van der Waals surface area contributed by atoms with E-state index in [1.165, 1.54) is 0 Å². The van der Waals surface area contributed by atoms with Gasteiger partial charge in [0.15, 0.2) is 5.82 Å². The van der Waals surface area contributed by atoms with Gasteiger partial charge in [0.25, 0.3) is 5.89 Å². The summed E-state index contributed by atoms with van der Waals surface area (Å²) in [4.78, 5) is 3.74. The number of rotatable bonds is 3. The van der Waals surface area contributed by atoms with Crippen LogP contribution in [-0.4, -0.2) is 23.4 Å². The number of alkyl halides is 3. The molecule has 96 valence electrons. The molecule has 0 amide bonds. The molecule has 0 saturated heterocycles. The average molecular weight is 257 g/mol. The topological polar surface area (TPSA) is 51.0 Å². The minimum Gasteiger partial charge on any atom is -0.387 e. The fourth-order valence-corrected chi connectivity index (χ4v) is 1.50. The molecule has 0 fully saturated rings. The molecule has 0 saturated carbocycles. The molecule has 1 aromatic heterocycles. The first-order valence-electron chi connectivity index (χ1n) is 5.16. The number of nitrogens with one attached hydrogen (secondary N) is 1. The molecule has 1 N–H and O–H groups in total. The number of halogens is 3. The summed E-state index contributed by atoms with van der Waals surface area (Å²) in [7, 11) is 1.70. The Kier molecular flexibility index (Phi) is 3.22. The molecule has 0 atom stereocenters. The van der Waals surface area contributed by atoms with Crippen LogP contribution in [0.2, 0.25) is 0 Å². The van der Waals surface area contributed by atoms with Crippen LogP contribution >= 0.6 is 0 Å². The third kappa shape index (κ3) is 2.79. The van der Waals surface area contributed by atoms with Crippen LogP contribution in [0.25, 0.3) is 11.5 Å². The maximum Gasteiger partial charge on any atom is 0.396 e. The van der Waals surface area contributed by atoms with Crippen molar-refractivity contribution >= 4 is 5.69 Å². The lowest BCUT2D eigenvalue weighted by atomic mass is 10.2. The van der Waals surface area contributed by atoms with Gasteiger partial charge in [-0.2, -0.15) is 18.2 Å². The summed E-state index contributed by atoms with van der Waals surface area (Å²) in [6, 6.07) is 6.99. The number of hydrogen-bond acceptors (Lipinski definition) is 4. The summed E-state index contributed by atoms with van der Waals surface area (Å²) in [6.07, 6.45) is -5.54. The van der Waals surface area contributed by atoms with Crippen LogP contribution in [0.15, 0.2) is 28.8 Å². The fraction of sp³-hybridized carbons (Fsp3) is 0.273. The van der Waals surface area contributed by atoms with Gasteiger partial charge in [0.1, 0.15) is 6.42 Å². The van der Waals surface area contributed by atoms with E-state index in [0.29, 0.717) is 11.3 Å². The van der Waals surface area contributed by atoms with Gasteiger partial charge < -0.3 is 9.84 Å². The van der Waals surface area contributed by atoms with E-state index in [4.69, 9.17) is 4.52 Å². The van der Waals surface area contributed by atoms with Gasteiger partial charge in [-0.15, -0.1) is 0 Å². The van der Waals surface area contributed by atoms with Crippen molar-refractivity contribution in [3.8, 4) is 11.5 Å². The van der Waals surface area contributed by atoms with E-state index in [1.54, 1.807) is 31.3 Å². The zero-order valence-electron chi connectivity index (χ0n) is 9.45. The van der Waals surface area contributed by atoms with Crippen LogP contribution in [0.5, 0.6) is 0 Å². The first-order chi connectivity index (χ1) is 8.49. The van der Waals surface area contributed by atoms with E-state index < -0.39 is 12.6 Å². The smallest absolute Gasteiger partial charge is 0.387 e. The van der Waals surface area contributed by atoms with Gasteiger partial charge in [0, 0.05) is 12.7 Å². The highest BCUT2D eigenvalue weighted by atomic mass is 19.4. The molecule has 1 heterocycles. The van der Waals surface area contributed by atoms with Crippen molar-refractivity contribution in [3.05, 3.63) is 30.1 Å². The quantitative estimate of drug-likeness (QED) is 0.918. The Morgan fingerprint density at radius 2 is 2.00 bits per heavy atom. The molecule has 2 rings (SSSR count). The van der Waals surface area contributed by atoms with E-state index in [0.717, 1.165) is 0 Å². The van der Waals surface area contributed by atoms with Crippen LogP contribution in [-0.2, 0) is 6.42 Å². The van der Waals surface area contributed by atoms with Gasteiger partial charge >= 0.3 is 6.18 Å². The van der Waals surface area contributed by atoms with Crippen LogP contribution in [0, 0.1) is 0 Å². The zero-order valence-corrected chi connectivity index (χ0v) is 9.45. The molecule has 18 heavy (non-hydrogen) atoms. The van der Waals surface area contributed by atoms with E-state index in [9.17, 15) is 13.2 Å². The monoisotopic (exact) mass is 257 g/mol. The lowest BCUT2D eigenvalue weighted by Gasteiger charge is -2.03. The summed E-state index contributed by atoms with van der Waals surface area (Å²) in [6.45, 7) is 0. The van der Waals surface area contributed by atoms with Gasteiger partial charge in [-0.1, -0.05) is 17.3 Å².